The third-order valence-electron chi connectivity index (χ3n) is 3.15. The van der Waals surface area contributed by atoms with Crippen LogP contribution in [0.3, 0.4) is 0 Å². The third-order valence-corrected chi connectivity index (χ3v) is 3.15. The average molecular weight is 283 g/mol. The first-order chi connectivity index (χ1) is 10.1. The van der Waals surface area contributed by atoms with Crippen LogP contribution in [0.15, 0.2) is 29.1 Å². The van der Waals surface area contributed by atoms with Crippen molar-refractivity contribution in [3.63, 3.8) is 0 Å². The van der Waals surface area contributed by atoms with Crippen molar-refractivity contribution < 1.29 is 4.74 Å². The van der Waals surface area contributed by atoms with E-state index in [0.717, 1.165) is 35.4 Å². The molecule has 1 heterocycles. The van der Waals surface area contributed by atoms with Crippen molar-refractivity contribution in [2.24, 2.45) is 0 Å². The molecule has 21 heavy (non-hydrogen) atoms. The van der Waals surface area contributed by atoms with Crippen molar-refractivity contribution in [2.45, 2.75) is 26.7 Å². The highest BCUT2D eigenvalue weighted by Crippen LogP contribution is 2.24. The van der Waals surface area contributed by atoms with E-state index >= 15 is 0 Å². The number of hydrogen-bond donors (Lipinski definition) is 1. The summed E-state index contributed by atoms with van der Waals surface area (Å²) in [6, 6.07) is 8.98. The van der Waals surface area contributed by atoms with E-state index in [4.69, 9.17) is 10.00 Å². The molecule has 0 spiro atoms. The lowest BCUT2D eigenvalue weighted by Crippen LogP contribution is -2.09. The molecule has 0 saturated carbocycles. The topological polar surface area (TPSA) is 78.8 Å². The first kappa shape index (κ1) is 14.8. The molecular formula is C16H17N3O2. The van der Waals surface area contributed by atoms with Gasteiger partial charge in [0, 0.05) is 6.07 Å². The maximum Gasteiger partial charge on any atom is 0.264 e. The zero-order chi connectivity index (χ0) is 15.2. The molecule has 0 fully saturated rings. The molecule has 1 aromatic heterocycles. The smallest absolute Gasteiger partial charge is 0.264 e. The second kappa shape index (κ2) is 6.71. The van der Waals surface area contributed by atoms with Crippen LogP contribution in [0.25, 0.3) is 0 Å². The van der Waals surface area contributed by atoms with Crippen LogP contribution in [-0.4, -0.2) is 16.8 Å². The van der Waals surface area contributed by atoms with E-state index in [0.29, 0.717) is 12.2 Å². The van der Waals surface area contributed by atoms with Crippen molar-refractivity contribution in [3.8, 4) is 11.8 Å². The summed E-state index contributed by atoms with van der Waals surface area (Å²) in [5.41, 5.74) is 3.22. The summed E-state index contributed by atoms with van der Waals surface area (Å²) in [6.07, 6.45) is 1.54. The lowest BCUT2D eigenvalue weighted by molar-refractivity contribution is 0.306. The van der Waals surface area contributed by atoms with E-state index in [1.165, 1.54) is 6.07 Å². The van der Waals surface area contributed by atoms with E-state index in [9.17, 15) is 4.79 Å². The monoisotopic (exact) mass is 283 g/mol. The maximum absolute atomic E-state index is 10.9. The molecule has 5 nitrogen and oxygen atoms in total. The lowest BCUT2D eigenvalue weighted by Gasteiger charge is -2.12. The van der Waals surface area contributed by atoms with Crippen molar-refractivity contribution in [1.82, 2.24) is 10.2 Å². The summed E-state index contributed by atoms with van der Waals surface area (Å²) >= 11 is 0. The molecule has 0 bridgehead atoms. The molecule has 0 atom stereocenters. The number of hydrogen-bond acceptors (Lipinski definition) is 4. The first-order valence-electron chi connectivity index (χ1n) is 6.79. The van der Waals surface area contributed by atoms with Gasteiger partial charge in [0.2, 0.25) is 0 Å². The Balaban J connectivity index is 1.91. The quantitative estimate of drug-likeness (QED) is 0.854. The molecule has 0 radical (unpaired) electrons. The molecule has 1 aromatic carbocycles. The van der Waals surface area contributed by atoms with Crippen molar-refractivity contribution in [1.29, 1.82) is 5.26 Å². The van der Waals surface area contributed by atoms with Gasteiger partial charge in [-0.2, -0.15) is 10.4 Å². The van der Waals surface area contributed by atoms with Crippen molar-refractivity contribution in [3.05, 3.63) is 57.0 Å². The molecule has 0 amide bonds. The Morgan fingerprint density at radius 3 is 2.57 bits per heavy atom. The predicted octanol–water partition coefficient (Wildman–Crippen LogP) is 2.27. The number of nitrogens with one attached hydrogen (secondary N) is 1. The standard InChI is InChI=1S/C16H17N3O2/c1-11-8-13(10-17)9-12(2)16(11)21-7-3-4-14-5-6-15(20)19-18-14/h5-6,8-9H,3-4,7H2,1-2H3,(H,19,20). The number of rotatable bonds is 5. The average Bonchev–Trinajstić information content (AvgIpc) is 2.47. The first-order valence-corrected chi connectivity index (χ1v) is 6.79. The number of H-pyrrole nitrogens is 1. The van der Waals surface area contributed by atoms with Gasteiger partial charge in [0.05, 0.1) is 23.9 Å². The summed E-state index contributed by atoms with van der Waals surface area (Å²) < 4.78 is 5.80. The molecule has 2 aromatic rings. The molecule has 108 valence electrons. The van der Waals surface area contributed by atoms with Crippen LogP contribution in [0.1, 0.15) is 28.8 Å². The predicted molar refractivity (Wildman–Crippen MR) is 79.3 cm³/mol. The van der Waals surface area contributed by atoms with E-state index < -0.39 is 0 Å². The molecule has 0 aliphatic rings. The van der Waals surface area contributed by atoms with Gasteiger partial charge in [-0.05, 0) is 56.0 Å². The van der Waals surface area contributed by atoms with Crippen LogP contribution in [0.4, 0.5) is 0 Å². The largest absolute Gasteiger partial charge is 0.493 e. The summed E-state index contributed by atoms with van der Waals surface area (Å²) in [6.45, 7) is 4.44. The fraction of sp³-hybridized carbons (Fsp3) is 0.312. The van der Waals surface area contributed by atoms with Crippen LogP contribution in [0.2, 0.25) is 0 Å². The zero-order valence-corrected chi connectivity index (χ0v) is 12.1. The Kier molecular flexibility index (Phi) is 4.72. The Morgan fingerprint density at radius 1 is 1.29 bits per heavy atom. The van der Waals surface area contributed by atoms with E-state index in [-0.39, 0.29) is 5.56 Å². The summed E-state index contributed by atoms with van der Waals surface area (Å²) in [7, 11) is 0. The fourth-order valence-electron chi connectivity index (χ4n) is 2.18. The Labute approximate surface area is 123 Å². The van der Waals surface area contributed by atoms with Gasteiger partial charge in [-0.3, -0.25) is 4.79 Å². The number of aryl methyl sites for hydroxylation is 3. The molecule has 0 aliphatic carbocycles. The molecule has 2 rings (SSSR count). The maximum atomic E-state index is 10.9. The van der Waals surface area contributed by atoms with Gasteiger partial charge in [-0.15, -0.1) is 0 Å². The summed E-state index contributed by atoms with van der Waals surface area (Å²) in [5.74, 6) is 0.837. The van der Waals surface area contributed by atoms with E-state index in [1.54, 1.807) is 6.07 Å². The molecular weight excluding hydrogens is 266 g/mol. The summed E-state index contributed by atoms with van der Waals surface area (Å²) in [4.78, 5) is 10.9. The normalized spacial score (nSPS) is 10.1. The van der Waals surface area contributed by atoms with Crippen molar-refractivity contribution in [2.75, 3.05) is 6.61 Å². The number of benzene rings is 1. The van der Waals surface area contributed by atoms with Gasteiger partial charge in [0.1, 0.15) is 5.75 Å². The summed E-state index contributed by atoms with van der Waals surface area (Å²) in [5, 5.41) is 15.3. The van der Waals surface area contributed by atoms with Gasteiger partial charge < -0.3 is 4.74 Å². The number of nitrogens with zero attached hydrogens (tertiary/aromatic N) is 2. The molecule has 0 unspecified atom stereocenters. The van der Waals surface area contributed by atoms with Crippen LogP contribution in [0, 0.1) is 25.2 Å². The highest BCUT2D eigenvalue weighted by molar-refractivity contribution is 5.47. The molecule has 0 saturated heterocycles. The fourth-order valence-corrected chi connectivity index (χ4v) is 2.18. The second-order valence-electron chi connectivity index (χ2n) is 4.92. The Morgan fingerprint density at radius 2 is 2.00 bits per heavy atom. The second-order valence-corrected chi connectivity index (χ2v) is 4.92. The van der Waals surface area contributed by atoms with Crippen molar-refractivity contribution >= 4 is 0 Å². The highest BCUT2D eigenvalue weighted by atomic mass is 16.5. The number of nitriles is 1. The number of ether oxygens (including phenoxy) is 1. The molecule has 0 aliphatic heterocycles. The minimum atomic E-state index is -0.196. The van der Waals surface area contributed by atoms with Gasteiger partial charge >= 0.3 is 0 Å². The Bertz CT molecular complexity index is 686. The van der Waals surface area contributed by atoms with E-state index in [1.807, 2.05) is 26.0 Å². The number of aromatic amines is 1. The van der Waals surface area contributed by atoms with Crippen LogP contribution < -0.4 is 10.3 Å². The Hall–Kier alpha value is -2.61. The van der Waals surface area contributed by atoms with Crippen LogP contribution in [-0.2, 0) is 6.42 Å². The van der Waals surface area contributed by atoms with Gasteiger partial charge in [-0.1, -0.05) is 0 Å². The van der Waals surface area contributed by atoms with Gasteiger partial charge in [-0.25, -0.2) is 5.10 Å². The highest BCUT2D eigenvalue weighted by Gasteiger charge is 2.06. The SMILES string of the molecule is Cc1cc(C#N)cc(C)c1OCCCc1ccc(=O)[nH]n1. The van der Waals surface area contributed by atoms with E-state index in [2.05, 4.69) is 16.3 Å². The zero-order valence-electron chi connectivity index (χ0n) is 12.1. The minimum absolute atomic E-state index is 0.196. The third kappa shape index (κ3) is 3.93. The van der Waals surface area contributed by atoms with Crippen LogP contribution >= 0.6 is 0 Å². The van der Waals surface area contributed by atoms with Crippen LogP contribution in [0.5, 0.6) is 5.75 Å². The minimum Gasteiger partial charge on any atom is -0.493 e. The van der Waals surface area contributed by atoms with Gasteiger partial charge in [0.15, 0.2) is 0 Å². The number of aromatic nitrogens is 2. The molecule has 1 N–H and O–H groups in total. The lowest BCUT2D eigenvalue weighted by atomic mass is 10.1. The molecule has 5 heteroatoms. The van der Waals surface area contributed by atoms with Gasteiger partial charge in [0.25, 0.3) is 5.56 Å².